The first kappa shape index (κ1) is 21.6. The molecule has 0 aliphatic carbocycles. The number of hydrogen-bond donors (Lipinski definition) is 1. The number of nitrogens with one attached hydrogen (secondary N) is 1. The van der Waals surface area contributed by atoms with Gasteiger partial charge in [0.1, 0.15) is 0 Å². The second-order valence-electron chi connectivity index (χ2n) is 5.76. The SMILES string of the molecule is CNS(=O)(=O)c1ccc(C(=O)N(C)Cc2ccc(OC(F)F)c(OC)c2)cc1. The van der Waals surface area contributed by atoms with Crippen molar-refractivity contribution in [1.29, 1.82) is 0 Å². The summed E-state index contributed by atoms with van der Waals surface area (Å²) in [4.78, 5) is 14.0. The normalized spacial score (nSPS) is 11.4. The lowest BCUT2D eigenvalue weighted by molar-refractivity contribution is -0.0512. The number of rotatable bonds is 8. The molecule has 0 bridgehead atoms. The first-order valence-corrected chi connectivity index (χ1v) is 9.57. The van der Waals surface area contributed by atoms with Crippen molar-refractivity contribution in [2.75, 3.05) is 21.2 Å². The molecule has 0 saturated heterocycles. The van der Waals surface area contributed by atoms with E-state index in [4.69, 9.17) is 4.74 Å². The molecular weight excluding hydrogens is 394 g/mol. The molecule has 0 radical (unpaired) electrons. The van der Waals surface area contributed by atoms with E-state index in [1.54, 1.807) is 13.1 Å². The minimum Gasteiger partial charge on any atom is -0.493 e. The van der Waals surface area contributed by atoms with Crippen LogP contribution in [0.1, 0.15) is 15.9 Å². The van der Waals surface area contributed by atoms with E-state index in [0.717, 1.165) is 0 Å². The fraction of sp³-hybridized carbons (Fsp3) is 0.278. The highest BCUT2D eigenvalue weighted by molar-refractivity contribution is 7.89. The first-order chi connectivity index (χ1) is 13.2. The van der Waals surface area contributed by atoms with E-state index in [9.17, 15) is 22.0 Å². The van der Waals surface area contributed by atoms with Gasteiger partial charge in [0.15, 0.2) is 11.5 Å². The van der Waals surface area contributed by atoms with Crippen molar-refractivity contribution in [3.8, 4) is 11.5 Å². The summed E-state index contributed by atoms with van der Waals surface area (Å²) >= 11 is 0. The lowest BCUT2D eigenvalue weighted by Gasteiger charge is -2.19. The highest BCUT2D eigenvalue weighted by atomic mass is 32.2. The molecular formula is C18H20F2N2O5S. The topological polar surface area (TPSA) is 84.9 Å². The predicted octanol–water partition coefficient (Wildman–Crippen LogP) is 2.48. The lowest BCUT2D eigenvalue weighted by Crippen LogP contribution is -2.26. The number of carbonyl (C=O) groups excluding carboxylic acids is 1. The second kappa shape index (κ2) is 8.98. The summed E-state index contributed by atoms with van der Waals surface area (Å²) in [6.45, 7) is -2.79. The van der Waals surface area contributed by atoms with Crippen molar-refractivity contribution in [3.63, 3.8) is 0 Å². The number of halogens is 2. The molecule has 1 amide bonds. The van der Waals surface area contributed by atoms with E-state index in [0.29, 0.717) is 11.1 Å². The Hall–Kier alpha value is -2.72. The molecule has 0 fully saturated rings. The Kier molecular flexibility index (Phi) is 6.92. The Morgan fingerprint density at radius 1 is 1.14 bits per heavy atom. The number of amides is 1. The molecule has 0 aromatic heterocycles. The molecule has 0 unspecified atom stereocenters. The Bertz CT molecular complexity index is 933. The second-order valence-corrected chi connectivity index (χ2v) is 7.64. The summed E-state index contributed by atoms with van der Waals surface area (Å²) in [5, 5.41) is 0. The van der Waals surface area contributed by atoms with Gasteiger partial charge in [-0.2, -0.15) is 8.78 Å². The third kappa shape index (κ3) is 5.17. The number of methoxy groups -OCH3 is 1. The number of ether oxygens (including phenoxy) is 2. The fourth-order valence-electron chi connectivity index (χ4n) is 2.46. The van der Waals surface area contributed by atoms with Crippen LogP contribution in [0.25, 0.3) is 0 Å². The maximum Gasteiger partial charge on any atom is 0.387 e. The van der Waals surface area contributed by atoms with Gasteiger partial charge >= 0.3 is 6.61 Å². The van der Waals surface area contributed by atoms with Gasteiger partial charge in [-0.3, -0.25) is 4.79 Å². The summed E-state index contributed by atoms with van der Waals surface area (Å²) in [6, 6.07) is 9.91. The molecule has 0 saturated carbocycles. The smallest absolute Gasteiger partial charge is 0.387 e. The Labute approximate surface area is 161 Å². The van der Waals surface area contributed by atoms with Gasteiger partial charge in [-0.25, -0.2) is 13.1 Å². The average molecular weight is 414 g/mol. The van der Waals surface area contributed by atoms with Crippen LogP contribution in [-0.2, 0) is 16.6 Å². The van der Waals surface area contributed by atoms with E-state index in [2.05, 4.69) is 9.46 Å². The minimum atomic E-state index is -3.58. The van der Waals surface area contributed by atoms with E-state index in [1.165, 1.54) is 55.5 Å². The highest BCUT2D eigenvalue weighted by Crippen LogP contribution is 2.30. The van der Waals surface area contributed by atoms with E-state index in [-0.39, 0.29) is 28.8 Å². The summed E-state index contributed by atoms with van der Waals surface area (Å²) in [5.41, 5.74) is 0.950. The van der Waals surface area contributed by atoms with Crippen LogP contribution in [0.5, 0.6) is 11.5 Å². The van der Waals surface area contributed by atoms with Crippen LogP contribution < -0.4 is 14.2 Å². The monoisotopic (exact) mass is 414 g/mol. The Morgan fingerprint density at radius 3 is 2.32 bits per heavy atom. The third-order valence-corrected chi connectivity index (χ3v) is 5.32. The molecule has 10 heteroatoms. The van der Waals surface area contributed by atoms with E-state index >= 15 is 0 Å². The van der Waals surface area contributed by atoms with Gasteiger partial charge in [0.05, 0.1) is 12.0 Å². The third-order valence-electron chi connectivity index (χ3n) is 3.89. The lowest BCUT2D eigenvalue weighted by atomic mass is 10.1. The number of carbonyl (C=O) groups is 1. The highest BCUT2D eigenvalue weighted by Gasteiger charge is 2.17. The molecule has 28 heavy (non-hydrogen) atoms. The quantitative estimate of drug-likeness (QED) is 0.717. The van der Waals surface area contributed by atoms with Gasteiger partial charge in [-0.05, 0) is 49.0 Å². The molecule has 0 atom stereocenters. The molecule has 0 heterocycles. The number of benzene rings is 2. The summed E-state index contributed by atoms with van der Waals surface area (Å²) < 4.78 is 59.9. The number of alkyl halides is 2. The Morgan fingerprint density at radius 2 is 1.79 bits per heavy atom. The molecule has 2 aromatic rings. The van der Waals surface area contributed by atoms with Crippen molar-refractivity contribution in [1.82, 2.24) is 9.62 Å². The predicted molar refractivity (Wildman–Crippen MR) is 98.1 cm³/mol. The van der Waals surface area contributed by atoms with Crippen LogP contribution in [0.3, 0.4) is 0 Å². The summed E-state index contributed by atoms with van der Waals surface area (Å²) in [6.07, 6.45) is 0. The maximum absolute atomic E-state index is 12.6. The van der Waals surface area contributed by atoms with Crippen LogP contribution >= 0.6 is 0 Å². The molecule has 0 aliphatic rings. The molecule has 0 spiro atoms. The largest absolute Gasteiger partial charge is 0.493 e. The van der Waals surface area contributed by atoms with Gasteiger partial charge < -0.3 is 14.4 Å². The standard InChI is InChI=1S/C18H20F2N2O5S/c1-21-28(24,25)14-7-5-13(6-8-14)17(23)22(2)11-12-4-9-15(27-18(19)20)16(10-12)26-3/h4-10,18,21H,11H2,1-3H3. The summed E-state index contributed by atoms with van der Waals surface area (Å²) in [5.74, 6) is -0.308. The molecule has 152 valence electrons. The Balaban J connectivity index is 2.14. The van der Waals surface area contributed by atoms with Crippen LogP contribution in [-0.4, -0.2) is 47.0 Å². The zero-order valence-electron chi connectivity index (χ0n) is 15.5. The van der Waals surface area contributed by atoms with Gasteiger partial charge in [-0.15, -0.1) is 0 Å². The number of nitrogens with zero attached hydrogens (tertiary/aromatic N) is 1. The molecule has 1 N–H and O–H groups in total. The van der Waals surface area contributed by atoms with Crippen molar-refractivity contribution in [3.05, 3.63) is 53.6 Å². The molecule has 2 aromatic carbocycles. The average Bonchev–Trinajstić information content (AvgIpc) is 2.68. The maximum atomic E-state index is 12.6. The minimum absolute atomic E-state index is 0.0496. The molecule has 7 nitrogen and oxygen atoms in total. The van der Waals surface area contributed by atoms with Crippen molar-refractivity contribution >= 4 is 15.9 Å². The van der Waals surface area contributed by atoms with Crippen LogP contribution in [0, 0.1) is 0 Å². The van der Waals surface area contributed by atoms with Gasteiger partial charge in [-0.1, -0.05) is 6.07 Å². The van der Waals surface area contributed by atoms with Crippen molar-refractivity contribution in [2.45, 2.75) is 18.1 Å². The number of sulfonamides is 1. The van der Waals surface area contributed by atoms with Crippen LogP contribution in [0.2, 0.25) is 0 Å². The van der Waals surface area contributed by atoms with Crippen molar-refractivity contribution in [2.24, 2.45) is 0 Å². The zero-order valence-corrected chi connectivity index (χ0v) is 16.3. The first-order valence-electron chi connectivity index (χ1n) is 8.08. The van der Waals surface area contributed by atoms with E-state index < -0.39 is 16.6 Å². The van der Waals surface area contributed by atoms with Crippen molar-refractivity contribution < 1.29 is 31.5 Å². The van der Waals surface area contributed by atoms with E-state index in [1.807, 2.05) is 0 Å². The van der Waals surface area contributed by atoms with Crippen LogP contribution in [0.15, 0.2) is 47.4 Å². The zero-order chi connectivity index (χ0) is 20.9. The summed E-state index contributed by atoms with van der Waals surface area (Å²) in [7, 11) is 0.608. The molecule has 0 aliphatic heterocycles. The fourth-order valence-corrected chi connectivity index (χ4v) is 3.19. The number of hydrogen-bond acceptors (Lipinski definition) is 5. The van der Waals surface area contributed by atoms with Gasteiger partial charge in [0.2, 0.25) is 10.0 Å². The van der Waals surface area contributed by atoms with Gasteiger partial charge in [0.25, 0.3) is 5.91 Å². The van der Waals surface area contributed by atoms with Crippen LogP contribution in [0.4, 0.5) is 8.78 Å². The molecule has 2 rings (SSSR count). The van der Waals surface area contributed by atoms with Gasteiger partial charge in [0, 0.05) is 19.2 Å².